The molecule has 1 aromatic carbocycles. The third kappa shape index (κ3) is 3.57. The van der Waals surface area contributed by atoms with Gasteiger partial charge in [-0.2, -0.15) is 0 Å². The van der Waals surface area contributed by atoms with Gasteiger partial charge in [-0.25, -0.2) is 4.79 Å². The molecular weight excluding hydrogens is 432 g/mol. The lowest BCUT2D eigenvalue weighted by Crippen LogP contribution is -2.61. The zero-order valence-corrected chi connectivity index (χ0v) is 18.4. The van der Waals surface area contributed by atoms with Crippen molar-refractivity contribution in [1.29, 1.82) is 0 Å². The number of carboxylic acids is 1. The molecule has 1 aromatic rings. The van der Waals surface area contributed by atoms with E-state index < -0.39 is 48.9 Å². The number of hydrogen-bond acceptors (Lipinski definition) is 8. The molecule has 2 saturated carbocycles. The number of ether oxygens (including phenoxy) is 2. The standard InChI is InChI=1S/C24H32O9/c1-24-7-6-13-12-5-3-11(32-23-19(28)17(26)18(27)20(33-23)22(30)31)8-10(12)2-4-14(13)15(24)9-16(25)21(24)29/h3,5,8,13-21,23,25-29H,2,4,6-7,9H2,1H3,(H,30,31)/t13?,14?,15?,16-,17+,18+,19-,20+,21+,23-,24+/m1/s1. The van der Waals surface area contributed by atoms with E-state index in [2.05, 4.69) is 6.92 Å². The molecule has 1 heterocycles. The number of fused-ring (bicyclic) bond motifs is 5. The average molecular weight is 465 g/mol. The van der Waals surface area contributed by atoms with E-state index in [-0.39, 0.29) is 11.3 Å². The van der Waals surface area contributed by atoms with Gasteiger partial charge >= 0.3 is 5.97 Å². The molecule has 3 aliphatic carbocycles. The first kappa shape index (κ1) is 23.0. The van der Waals surface area contributed by atoms with Gasteiger partial charge in [0.1, 0.15) is 24.1 Å². The van der Waals surface area contributed by atoms with Gasteiger partial charge in [0.2, 0.25) is 6.29 Å². The number of carboxylic acid groups (broad SMARTS) is 1. The van der Waals surface area contributed by atoms with Gasteiger partial charge < -0.3 is 40.1 Å². The molecule has 0 bridgehead atoms. The van der Waals surface area contributed by atoms with Crippen LogP contribution in [-0.2, 0) is 16.0 Å². The first-order chi connectivity index (χ1) is 15.6. The van der Waals surface area contributed by atoms with Crippen LogP contribution in [0.15, 0.2) is 18.2 Å². The summed E-state index contributed by atoms with van der Waals surface area (Å²) in [7, 11) is 0. The van der Waals surface area contributed by atoms with Gasteiger partial charge in [0.15, 0.2) is 6.10 Å². The molecule has 5 rings (SSSR count). The fraction of sp³-hybridized carbons (Fsp3) is 0.708. The maximum atomic E-state index is 11.3. The second-order valence-corrected chi connectivity index (χ2v) is 10.4. The zero-order chi connectivity index (χ0) is 23.7. The predicted molar refractivity (Wildman–Crippen MR) is 113 cm³/mol. The van der Waals surface area contributed by atoms with Crippen LogP contribution in [0.1, 0.15) is 49.7 Å². The Morgan fingerprint density at radius 1 is 1.09 bits per heavy atom. The molecule has 182 valence electrons. The fourth-order valence-electron chi connectivity index (χ4n) is 6.90. The Labute approximate surface area is 191 Å². The molecule has 3 fully saturated rings. The van der Waals surface area contributed by atoms with Gasteiger partial charge in [-0.3, -0.25) is 0 Å². The molecule has 9 nitrogen and oxygen atoms in total. The van der Waals surface area contributed by atoms with Crippen LogP contribution >= 0.6 is 0 Å². The normalized spacial score (nSPS) is 46.7. The van der Waals surface area contributed by atoms with Crippen LogP contribution in [0.4, 0.5) is 0 Å². The number of hydrogen-bond donors (Lipinski definition) is 6. The van der Waals surface area contributed by atoms with E-state index in [4.69, 9.17) is 9.47 Å². The molecule has 0 radical (unpaired) electrons. The van der Waals surface area contributed by atoms with Crippen molar-refractivity contribution in [3.8, 4) is 5.75 Å². The molecule has 4 aliphatic rings. The van der Waals surface area contributed by atoms with Crippen molar-refractivity contribution >= 4 is 5.97 Å². The van der Waals surface area contributed by atoms with Crippen molar-refractivity contribution in [2.75, 3.05) is 0 Å². The topological polar surface area (TPSA) is 157 Å². The highest BCUT2D eigenvalue weighted by molar-refractivity contribution is 5.73. The summed E-state index contributed by atoms with van der Waals surface area (Å²) in [4.78, 5) is 11.3. The third-order valence-electron chi connectivity index (χ3n) is 8.74. The highest BCUT2D eigenvalue weighted by Crippen LogP contribution is 2.61. The number of aryl methyl sites for hydroxylation is 1. The molecule has 3 unspecified atom stereocenters. The zero-order valence-electron chi connectivity index (χ0n) is 18.4. The Balaban J connectivity index is 1.34. The Morgan fingerprint density at radius 2 is 1.85 bits per heavy atom. The van der Waals surface area contributed by atoms with Crippen molar-refractivity contribution in [3.05, 3.63) is 29.3 Å². The van der Waals surface area contributed by atoms with Gasteiger partial charge in [0, 0.05) is 0 Å². The predicted octanol–water partition coefficient (Wildman–Crippen LogP) is 0.145. The van der Waals surface area contributed by atoms with E-state index in [1.165, 1.54) is 5.56 Å². The van der Waals surface area contributed by atoms with Crippen LogP contribution in [0, 0.1) is 17.3 Å². The van der Waals surface area contributed by atoms with Crippen molar-refractivity contribution in [1.82, 2.24) is 0 Å². The lowest BCUT2D eigenvalue weighted by Gasteiger charge is -2.50. The minimum atomic E-state index is -1.76. The quantitative estimate of drug-likeness (QED) is 0.366. The van der Waals surface area contributed by atoms with Crippen LogP contribution in [0.2, 0.25) is 0 Å². The maximum absolute atomic E-state index is 11.3. The van der Waals surface area contributed by atoms with E-state index in [9.17, 15) is 35.4 Å². The second kappa shape index (κ2) is 8.18. The van der Waals surface area contributed by atoms with Gasteiger partial charge in [-0.05, 0) is 78.5 Å². The summed E-state index contributed by atoms with van der Waals surface area (Å²) in [6, 6.07) is 5.60. The van der Waals surface area contributed by atoms with Gasteiger partial charge in [0.05, 0.1) is 12.2 Å². The largest absolute Gasteiger partial charge is 0.479 e. The Bertz CT molecular complexity index is 921. The molecule has 0 spiro atoms. The summed E-state index contributed by atoms with van der Waals surface area (Å²) in [6.45, 7) is 2.10. The third-order valence-corrected chi connectivity index (χ3v) is 8.74. The van der Waals surface area contributed by atoms with Crippen LogP contribution in [0.3, 0.4) is 0 Å². The fourth-order valence-corrected chi connectivity index (χ4v) is 6.90. The van der Waals surface area contributed by atoms with Crippen molar-refractivity contribution in [2.45, 2.75) is 87.9 Å². The second-order valence-electron chi connectivity index (χ2n) is 10.4. The first-order valence-corrected chi connectivity index (χ1v) is 11.7. The Kier molecular flexibility index (Phi) is 5.70. The minimum Gasteiger partial charge on any atom is -0.479 e. The Morgan fingerprint density at radius 3 is 2.58 bits per heavy atom. The van der Waals surface area contributed by atoms with E-state index in [1.54, 1.807) is 6.07 Å². The summed E-state index contributed by atoms with van der Waals surface area (Å²) in [6.07, 6.45) is -5.40. The molecule has 11 atom stereocenters. The number of aliphatic hydroxyl groups excluding tert-OH is 5. The number of aliphatic carboxylic acids is 1. The lowest BCUT2D eigenvalue weighted by molar-refractivity contribution is -0.271. The van der Waals surface area contributed by atoms with Crippen LogP contribution in [-0.4, -0.2) is 79.5 Å². The van der Waals surface area contributed by atoms with Gasteiger partial charge in [-0.1, -0.05) is 13.0 Å². The summed E-state index contributed by atoms with van der Waals surface area (Å²) < 4.78 is 10.9. The Hall–Kier alpha value is -1.75. The summed E-state index contributed by atoms with van der Waals surface area (Å²) >= 11 is 0. The molecule has 0 amide bonds. The summed E-state index contributed by atoms with van der Waals surface area (Å²) in [5.74, 6) is -0.0622. The molecule has 0 aromatic heterocycles. The van der Waals surface area contributed by atoms with Gasteiger partial charge in [-0.15, -0.1) is 0 Å². The molecule has 1 saturated heterocycles. The van der Waals surface area contributed by atoms with Crippen LogP contribution < -0.4 is 4.74 Å². The van der Waals surface area contributed by atoms with E-state index >= 15 is 0 Å². The maximum Gasteiger partial charge on any atom is 0.335 e. The number of aliphatic hydroxyl groups is 5. The van der Waals surface area contributed by atoms with Crippen molar-refractivity contribution in [3.63, 3.8) is 0 Å². The van der Waals surface area contributed by atoms with Crippen LogP contribution in [0.25, 0.3) is 0 Å². The smallest absolute Gasteiger partial charge is 0.335 e. The van der Waals surface area contributed by atoms with Crippen molar-refractivity contribution < 1.29 is 44.9 Å². The first-order valence-electron chi connectivity index (χ1n) is 11.7. The minimum absolute atomic E-state index is 0.248. The van der Waals surface area contributed by atoms with E-state index in [1.807, 2.05) is 12.1 Å². The summed E-state index contributed by atoms with van der Waals surface area (Å²) in [5, 5.41) is 60.2. The highest BCUT2D eigenvalue weighted by Gasteiger charge is 2.57. The molecule has 1 aliphatic heterocycles. The SMILES string of the molecule is C[C@]12CCC3c4ccc(O[C@@H]5O[C@H](C(=O)O)[C@@H](O)[C@H](O)[C@H]5O)cc4CCC3C1C[C@@H](O)[C@@H]2O. The highest BCUT2D eigenvalue weighted by atomic mass is 16.7. The lowest BCUT2D eigenvalue weighted by atomic mass is 9.55. The molecule has 6 N–H and O–H groups in total. The average Bonchev–Trinajstić information content (AvgIpc) is 3.02. The van der Waals surface area contributed by atoms with Gasteiger partial charge in [0.25, 0.3) is 0 Å². The number of benzene rings is 1. The van der Waals surface area contributed by atoms with E-state index in [0.29, 0.717) is 24.0 Å². The molecule has 33 heavy (non-hydrogen) atoms. The number of rotatable bonds is 3. The monoisotopic (exact) mass is 464 g/mol. The number of carbonyl (C=O) groups is 1. The van der Waals surface area contributed by atoms with Crippen molar-refractivity contribution in [2.24, 2.45) is 17.3 Å². The molecule has 9 heteroatoms. The van der Waals surface area contributed by atoms with E-state index in [0.717, 1.165) is 31.2 Å². The van der Waals surface area contributed by atoms with Crippen LogP contribution in [0.5, 0.6) is 5.75 Å². The summed E-state index contributed by atoms with van der Waals surface area (Å²) in [5.41, 5.74) is 2.08. The molecular formula is C24H32O9.